The zero-order chi connectivity index (χ0) is 19.3. The van der Waals surface area contributed by atoms with E-state index in [1.807, 2.05) is 24.3 Å². The molecule has 2 aromatic rings. The van der Waals surface area contributed by atoms with E-state index in [1.54, 1.807) is 4.90 Å². The van der Waals surface area contributed by atoms with Crippen molar-refractivity contribution < 1.29 is 19.4 Å². The number of carbonyl (C=O) groups is 2. The van der Waals surface area contributed by atoms with Gasteiger partial charge in [-0.25, -0.2) is 4.79 Å². The van der Waals surface area contributed by atoms with Crippen molar-refractivity contribution >= 4 is 12.1 Å². The minimum Gasteiger partial charge on any atom is -0.481 e. The van der Waals surface area contributed by atoms with Gasteiger partial charge in [0.25, 0.3) is 0 Å². The van der Waals surface area contributed by atoms with Gasteiger partial charge in [0, 0.05) is 18.0 Å². The average Bonchev–Trinajstić information content (AvgIpc) is 3.39. The first-order chi connectivity index (χ1) is 13.6. The number of carboxylic acid groups (broad SMARTS) is 1. The minimum atomic E-state index is -0.751. The summed E-state index contributed by atoms with van der Waals surface area (Å²) < 4.78 is 5.79. The summed E-state index contributed by atoms with van der Waals surface area (Å²) in [5.41, 5.74) is 4.52. The number of ether oxygens (including phenoxy) is 1. The minimum absolute atomic E-state index is 0.0445. The molecule has 1 spiro atoms. The molecule has 3 aliphatic rings. The van der Waals surface area contributed by atoms with Crippen molar-refractivity contribution in [2.24, 2.45) is 5.92 Å². The number of carbonyl (C=O) groups excluding carboxylic acids is 1. The number of carboxylic acids is 1. The molecule has 5 rings (SSSR count). The largest absolute Gasteiger partial charge is 0.481 e. The smallest absolute Gasteiger partial charge is 0.410 e. The summed E-state index contributed by atoms with van der Waals surface area (Å²) in [6, 6.07) is 16.6. The third-order valence-corrected chi connectivity index (χ3v) is 6.63. The van der Waals surface area contributed by atoms with Crippen molar-refractivity contribution in [3.63, 3.8) is 0 Å². The van der Waals surface area contributed by atoms with Gasteiger partial charge in [-0.15, -0.1) is 0 Å². The molecule has 1 amide bonds. The van der Waals surface area contributed by atoms with E-state index < -0.39 is 5.97 Å². The molecule has 28 heavy (non-hydrogen) atoms. The van der Waals surface area contributed by atoms with Crippen molar-refractivity contribution in [1.29, 1.82) is 0 Å². The maximum atomic E-state index is 12.9. The number of likely N-dealkylation sites (tertiary alicyclic amines) is 1. The van der Waals surface area contributed by atoms with Crippen molar-refractivity contribution in [1.82, 2.24) is 4.90 Å². The van der Waals surface area contributed by atoms with Gasteiger partial charge in [-0.3, -0.25) is 4.79 Å². The van der Waals surface area contributed by atoms with Gasteiger partial charge in [-0.1, -0.05) is 48.5 Å². The summed E-state index contributed by atoms with van der Waals surface area (Å²) in [5.74, 6) is -1.05. The van der Waals surface area contributed by atoms with Crippen LogP contribution in [0.2, 0.25) is 0 Å². The molecule has 5 heteroatoms. The number of nitrogens with zero attached hydrogens (tertiary/aromatic N) is 1. The summed E-state index contributed by atoms with van der Waals surface area (Å²) in [4.78, 5) is 26.0. The van der Waals surface area contributed by atoms with E-state index in [9.17, 15) is 14.7 Å². The number of hydrogen-bond donors (Lipinski definition) is 1. The van der Waals surface area contributed by atoms with E-state index in [1.165, 1.54) is 22.3 Å². The Labute approximate surface area is 163 Å². The van der Waals surface area contributed by atoms with Crippen LogP contribution < -0.4 is 0 Å². The molecule has 1 atom stereocenters. The SMILES string of the molecule is O=C(O)C1CCN(C(=O)OCC2c3ccccc3-c3ccccc32)C2(CC2)C1. The van der Waals surface area contributed by atoms with Crippen LogP contribution in [-0.4, -0.2) is 40.8 Å². The van der Waals surface area contributed by atoms with Gasteiger partial charge in [-0.2, -0.15) is 0 Å². The molecule has 1 aliphatic heterocycles. The summed E-state index contributed by atoms with van der Waals surface area (Å²) in [6.07, 6.45) is 2.50. The number of hydrogen-bond acceptors (Lipinski definition) is 3. The van der Waals surface area contributed by atoms with Crippen molar-refractivity contribution in [3.8, 4) is 11.1 Å². The van der Waals surface area contributed by atoms with Gasteiger partial charge in [0.2, 0.25) is 0 Å². The quantitative estimate of drug-likeness (QED) is 0.868. The molecule has 1 heterocycles. The van der Waals surface area contributed by atoms with Crippen molar-refractivity contribution in [2.45, 2.75) is 37.1 Å². The number of benzene rings is 2. The topological polar surface area (TPSA) is 66.8 Å². The number of piperidine rings is 1. The van der Waals surface area contributed by atoms with Crippen LogP contribution in [0.25, 0.3) is 11.1 Å². The Morgan fingerprint density at radius 2 is 1.64 bits per heavy atom. The maximum absolute atomic E-state index is 12.9. The first-order valence-corrected chi connectivity index (χ1v) is 9.94. The van der Waals surface area contributed by atoms with Gasteiger partial charge >= 0.3 is 12.1 Å². The van der Waals surface area contributed by atoms with Crippen LogP contribution >= 0.6 is 0 Å². The summed E-state index contributed by atoms with van der Waals surface area (Å²) in [6.45, 7) is 0.773. The van der Waals surface area contributed by atoms with Crippen LogP contribution in [0.5, 0.6) is 0 Å². The molecule has 0 radical (unpaired) electrons. The van der Waals surface area contributed by atoms with Crippen LogP contribution in [-0.2, 0) is 9.53 Å². The fourth-order valence-corrected chi connectivity index (χ4v) is 4.98. The van der Waals surface area contributed by atoms with Gasteiger partial charge in [0.1, 0.15) is 6.61 Å². The van der Waals surface area contributed by atoms with E-state index in [2.05, 4.69) is 24.3 Å². The second kappa shape index (κ2) is 6.36. The fourth-order valence-electron chi connectivity index (χ4n) is 4.98. The predicted molar refractivity (Wildman–Crippen MR) is 104 cm³/mol. The third-order valence-electron chi connectivity index (χ3n) is 6.63. The molecule has 1 unspecified atom stereocenters. The van der Waals surface area contributed by atoms with Crippen LogP contribution in [0.1, 0.15) is 42.7 Å². The van der Waals surface area contributed by atoms with Crippen molar-refractivity contribution in [2.75, 3.05) is 13.2 Å². The second-order valence-electron chi connectivity index (χ2n) is 8.21. The van der Waals surface area contributed by atoms with E-state index in [-0.39, 0.29) is 23.5 Å². The Kier molecular flexibility index (Phi) is 3.93. The summed E-state index contributed by atoms with van der Waals surface area (Å²) in [7, 11) is 0. The van der Waals surface area contributed by atoms with Gasteiger partial charge in [-0.05, 0) is 47.9 Å². The highest BCUT2D eigenvalue weighted by atomic mass is 16.6. The molecule has 0 bridgehead atoms. The molecule has 2 aliphatic carbocycles. The lowest BCUT2D eigenvalue weighted by Gasteiger charge is -2.38. The first kappa shape index (κ1) is 17.3. The number of aliphatic carboxylic acids is 1. The number of rotatable bonds is 3. The van der Waals surface area contributed by atoms with Crippen LogP contribution in [0, 0.1) is 5.92 Å². The Balaban J connectivity index is 1.32. The van der Waals surface area contributed by atoms with E-state index in [0.717, 1.165) is 12.8 Å². The molecule has 1 saturated carbocycles. The molecule has 0 aromatic heterocycles. The Morgan fingerprint density at radius 1 is 1.04 bits per heavy atom. The Hall–Kier alpha value is -2.82. The van der Waals surface area contributed by atoms with Crippen molar-refractivity contribution in [3.05, 3.63) is 59.7 Å². The number of amides is 1. The lowest BCUT2D eigenvalue weighted by Crippen LogP contribution is -2.49. The van der Waals surface area contributed by atoms with E-state index in [0.29, 0.717) is 26.0 Å². The predicted octanol–water partition coefficient (Wildman–Crippen LogP) is 4.26. The molecule has 5 nitrogen and oxygen atoms in total. The Bertz CT molecular complexity index is 904. The molecular weight excluding hydrogens is 354 g/mol. The highest BCUT2D eigenvalue weighted by Gasteiger charge is 2.55. The highest BCUT2D eigenvalue weighted by Crippen LogP contribution is 2.50. The maximum Gasteiger partial charge on any atom is 0.410 e. The standard InChI is InChI=1S/C23H23NO4/c25-21(26)15-9-12-24(23(13-15)10-11-23)22(27)28-14-20-18-7-3-1-5-16(18)17-6-2-4-8-19(17)20/h1-8,15,20H,9-14H2,(H,25,26). The zero-order valence-electron chi connectivity index (χ0n) is 15.6. The molecule has 1 N–H and O–H groups in total. The van der Waals surface area contributed by atoms with Crippen LogP contribution in [0.15, 0.2) is 48.5 Å². The molecular formula is C23H23NO4. The average molecular weight is 377 g/mol. The normalized spacial score (nSPS) is 21.9. The first-order valence-electron chi connectivity index (χ1n) is 9.94. The lowest BCUT2D eigenvalue weighted by atomic mass is 9.89. The summed E-state index contributed by atoms with van der Waals surface area (Å²) in [5, 5.41) is 9.32. The molecule has 2 aromatic carbocycles. The zero-order valence-corrected chi connectivity index (χ0v) is 15.6. The van der Waals surface area contributed by atoms with Gasteiger partial charge in [0.05, 0.1) is 5.92 Å². The number of fused-ring (bicyclic) bond motifs is 3. The fraction of sp³-hybridized carbons (Fsp3) is 0.391. The third kappa shape index (κ3) is 2.68. The van der Waals surface area contributed by atoms with Crippen LogP contribution in [0.3, 0.4) is 0 Å². The van der Waals surface area contributed by atoms with Gasteiger partial charge in [0.15, 0.2) is 0 Å². The monoisotopic (exact) mass is 377 g/mol. The molecule has 2 fully saturated rings. The summed E-state index contributed by atoms with van der Waals surface area (Å²) >= 11 is 0. The molecule has 144 valence electrons. The van der Waals surface area contributed by atoms with Crippen LogP contribution in [0.4, 0.5) is 4.79 Å². The molecule has 1 saturated heterocycles. The highest BCUT2D eigenvalue weighted by molar-refractivity contribution is 5.79. The Morgan fingerprint density at radius 3 is 2.21 bits per heavy atom. The van der Waals surface area contributed by atoms with Gasteiger partial charge < -0.3 is 14.7 Å². The lowest BCUT2D eigenvalue weighted by molar-refractivity contribution is -0.144. The second-order valence-corrected chi connectivity index (χ2v) is 8.21. The van der Waals surface area contributed by atoms with E-state index >= 15 is 0 Å². The van der Waals surface area contributed by atoms with E-state index in [4.69, 9.17) is 4.74 Å².